The number of fused-ring (bicyclic) bond motifs is 1. The number of nitrogens with two attached hydrogens (primary N) is 1. The van der Waals surface area contributed by atoms with Crippen molar-refractivity contribution in [3.05, 3.63) is 83.1 Å². The van der Waals surface area contributed by atoms with Gasteiger partial charge in [-0.05, 0) is 34.9 Å². The number of hydrogen-bond donors (Lipinski definition) is 1. The topological polar surface area (TPSA) is 87.3 Å². The van der Waals surface area contributed by atoms with E-state index >= 15 is 0 Å². The van der Waals surface area contributed by atoms with Crippen LogP contribution in [0.15, 0.2) is 66.9 Å². The van der Waals surface area contributed by atoms with Gasteiger partial charge in [-0.1, -0.05) is 54.1 Å². The lowest BCUT2D eigenvalue weighted by Gasteiger charge is -2.16. The molecule has 0 atom stereocenters. The number of ether oxygens (including phenoxy) is 2. The second-order valence-electron chi connectivity index (χ2n) is 6.53. The number of anilines is 1. The molecule has 0 unspecified atom stereocenters. The number of carbonyl (C=O) groups is 1. The summed E-state index contributed by atoms with van der Waals surface area (Å²) in [5.74, 6) is -0.277. The Hall–Kier alpha value is -3.64. The Morgan fingerprint density at radius 3 is 2.63 bits per heavy atom. The summed E-state index contributed by atoms with van der Waals surface area (Å²) in [6.45, 7) is 0.231. The van der Waals surface area contributed by atoms with Crippen LogP contribution in [0.4, 0.5) is 5.82 Å². The minimum atomic E-state index is -0.651. The van der Waals surface area contributed by atoms with Crippen molar-refractivity contribution in [1.29, 1.82) is 0 Å². The maximum absolute atomic E-state index is 12.4. The lowest BCUT2D eigenvalue weighted by molar-refractivity contribution is 0.0589. The summed E-state index contributed by atoms with van der Waals surface area (Å²) >= 11 is 6.17. The summed E-state index contributed by atoms with van der Waals surface area (Å²) in [6, 6.07) is 18.8. The van der Waals surface area contributed by atoms with Gasteiger partial charge in [0.05, 0.1) is 12.5 Å². The molecule has 4 aromatic rings. The third kappa shape index (κ3) is 3.77. The van der Waals surface area contributed by atoms with Gasteiger partial charge < -0.3 is 15.2 Å². The SMILES string of the molecule is COC(=O)c1nc(N)c2c(-c3cccc(Cl)c3)ccnc2c1OCc1ccccc1. The second-order valence-corrected chi connectivity index (χ2v) is 6.97. The third-order valence-corrected chi connectivity index (χ3v) is 4.84. The monoisotopic (exact) mass is 419 g/mol. The van der Waals surface area contributed by atoms with E-state index in [9.17, 15) is 4.79 Å². The first-order chi connectivity index (χ1) is 14.6. The molecule has 0 aliphatic rings. The van der Waals surface area contributed by atoms with E-state index in [1.165, 1.54) is 7.11 Å². The second kappa shape index (κ2) is 8.39. The summed E-state index contributed by atoms with van der Waals surface area (Å²) in [5, 5.41) is 1.17. The normalized spacial score (nSPS) is 10.7. The van der Waals surface area contributed by atoms with Crippen LogP contribution in [0.25, 0.3) is 22.0 Å². The smallest absolute Gasteiger partial charge is 0.360 e. The van der Waals surface area contributed by atoms with Crippen LogP contribution in [0.2, 0.25) is 5.02 Å². The first kappa shape index (κ1) is 19.7. The number of carbonyl (C=O) groups excluding carboxylic acids is 1. The van der Waals surface area contributed by atoms with Gasteiger partial charge in [0.1, 0.15) is 17.9 Å². The fourth-order valence-corrected chi connectivity index (χ4v) is 3.42. The minimum absolute atomic E-state index is 0.0193. The third-order valence-electron chi connectivity index (χ3n) is 4.61. The molecule has 6 nitrogen and oxygen atoms in total. The molecule has 2 N–H and O–H groups in total. The largest absolute Gasteiger partial charge is 0.484 e. The quantitative estimate of drug-likeness (QED) is 0.463. The molecule has 4 rings (SSSR count). The molecule has 0 radical (unpaired) electrons. The molecular weight excluding hydrogens is 402 g/mol. The zero-order chi connectivity index (χ0) is 21.1. The van der Waals surface area contributed by atoms with Crippen LogP contribution < -0.4 is 10.5 Å². The highest BCUT2D eigenvalue weighted by Gasteiger charge is 2.23. The number of esters is 1. The van der Waals surface area contributed by atoms with E-state index in [4.69, 9.17) is 26.8 Å². The number of nitrogens with zero attached hydrogens (tertiary/aromatic N) is 2. The van der Waals surface area contributed by atoms with Crippen molar-refractivity contribution < 1.29 is 14.3 Å². The predicted molar refractivity (Wildman–Crippen MR) is 117 cm³/mol. The minimum Gasteiger partial charge on any atom is -0.484 e. The first-order valence-electron chi connectivity index (χ1n) is 9.17. The molecule has 0 bridgehead atoms. The fraction of sp³-hybridized carbons (Fsp3) is 0.0870. The summed E-state index contributed by atoms with van der Waals surface area (Å²) in [7, 11) is 1.28. The van der Waals surface area contributed by atoms with Crippen LogP contribution in [0.5, 0.6) is 5.75 Å². The Morgan fingerprint density at radius 2 is 1.90 bits per heavy atom. The number of halogens is 1. The fourth-order valence-electron chi connectivity index (χ4n) is 3.23. The van der Waals surface area contributed by atoms with Gasteiger partial charge in [0.2, 0.25) is 0 Å². The zero-order valence-corrected chi connectivity index (χ0v) is 16.9. The van der Waals surface area contributed by atoms with Crippen LogP contribution in [0.3, 0.4) is 0 Å². The van der Waals surface area contributed by atoms with E-state index in [0.29, 0.717) is 15.9 Å². The van der Waals surface area contributed by atoms with Crippen LogP contribution in [-0.2, 0) is 11.3 Å². The standard InChI is InChI=1S/C23H18ClN3O3/c1-29-23(28)20-21(30-13-14-6-3-2-4-7-14)19-18(22(25)27-20)17(10-11-26-19)15-8-5-9-16(24)12-15/h2-12H,13H2,1H3,(H2,25,27). The van der Waals surface area contributed by atoms with Gasteiger partial charge >= 0.3 is 5.97 Å². The molecule has 2 aromatic heterocycles. The van der Waals surface area contributed by atoms with Crippen molar-refractivity contribution in [2.24, 2.45) is 0 Å². The molecule has 0 spiro atoms. The maximum Gasteiger partial charge on any atom is 0.360 e. The Morgan fingerprint density at radius 1 is 1.10 bits per heavy atom. The molecule has 7 heteroatoms. The van der Waals surface area contributed by atoms with Crippen molar-refractivity contribution in [2.75, 3.05) is 12.8 Å². The maximum atomic E-state index is 12.4. The van der Waals surface area contributed by atoms with E-state index in [1.807, 2.05) is 54.6 Å². The lowest BCUT2D eigenvalue weighted by atomic mass is 10.0. The molecule has 2 aromatic carbocycles. The number of hydrogen-bond acceptors (Lipinski definition) is 6. The van der Waals surface area contributed by atoms with Crippen LogP contribution in [0.1, 0.15) is 16.1 Å². The van der Waals surface area contributed by atoms with Crippen LogP contribution in [-0.4, -0.2) is 23.0 Å². The summed E-state index contributed by atoms with van der Waals surface area (Å²) in [4.78, 5) is 21.1. The zero-order valence-electron chi connectivity index (χ0n) is 16.1. The van der Waals surface area contributed by atoms with Crippen LogP contribution in [0, 0.1) is 0 Å². The van der Waals surface area contributed by atoms with E-state index in [-0.39, 0.29) is 23.9 Å². The average Bonchev–Trinajstić information content (AvgIpc) is 2.78. The number of pyridine rings is 2. The molecule has 0 saturated heterocycles. The van der Waals surface area contributed by atoms with Gasteiger partial charge in [-0.25, -0.2) is 9.78 Å². The average molecular weight is 420 g/mol. The van der Waals surface area contributed by atoms with Gasteiger partial charge in [0.25, 0.3) is 0 Å². The van der Waals surface area contributed by atoms with Crippen molar-refractivity contribution in [1.82, 2.24) is 9.97 Å². The number of methoxy groups -OCH3 is 1. The lowest BCUT2D eigenvalue weighted by Crippen LogP contribution is -2.11. The number of rotatable bonds is 5. The highest BCUT2D eigenvalue weighted by Crippen LogP contribution is 2.38. The van der Waals surface area contributed by atoms with Crippen molar-refractivity contribution >= 4 is 34.3 Å². The Balaban J connectivity index is 1.92. The van der Waals surface area contributed by atoms with Crippen molar-refractivity contribution in [3.63, 3.8) is 0 Å². The van der Waals surface area contributed by atoms with Gasteiger partial charge in [0, 0.05) is 11.2 Å². The molecule has 2 heterocycles. The molecule has 0 saturated carbocycles. The van der Waals surface area contributed by atoms with E-state index < -0.39 is 5.97 Å². The van der Waals surface area contributed by atoms with Gasteiger partial charge in [-0.3, -0.25) is 4.98 Å². The Labute approximate surface area is 178 Å². The van der Waals surface area contributed by atoms with Gasteiger partial charge in [-0.15, -0.1) is 0 Å². The number of aromatic nitrogens is 2. The first-order valence-corrected chi connectivity index (χ1v) is 9.55. The van der Waals surface area contributed by atoms with E-state index in [2.05, 4.69) is 9.97 Å². The predicted octanol–water partition coefficient (Wildman–Crippen LogP) is 4.90. The van der Waals surface area contributed by atoms with Crippen LogP contribution >= 0.6 is 11.6 Å². The van der Waals surface area contributed by atoms with Crippen molar-refractivity contribution in [2.45, 2.75) is 6.61 Å². The molecule has 0 aliphatic carbocycles. The highest BCUT2D eigenvalue weighted by atomic mass is 35.5. The molecule has 0 amide bonds. The Kier molecular flexibility index (Phi) is 5.50. The highest BCUT2D eigenvalue weighted by molar-refractivity contribution is 6.31. The molecule has 0 fully saturated rings. The summed E-state index contributed by atoms with van der Waals surface area (Å²) in [5.41, 5.74) is 9.23. The van der Waals surface area contributed by atoms with Crippen molar-refractivity contribution in [3.8, 4) is 16.9 Å². The molecular formula is C23H18ClN3O3. The molecule has 150 valence electrons. The number of nitrogen functional groups attached to an aromatic ring is 1. The van der Waals surface area contributed by atoms with E-state index in [0.717, 1.165) is 16.7 Å². The van der Waals surface area contributed by atoms with E-state index in [1.54, 1.807) is 12.3 Å². The molecule has 30 heavy (non-hydrogen) atoms. The Bertz CT molecular complexity index is 1230. The summed E-state index contributed by atoms with van der Waals surface area (Å²) in [6.07, 6.45) is 1.63. The number of benzene rings is 2. The molecule has 0 aliphatic heterocycles. The van der Waals surface area contributed by atoms with Gasteiger partial charge in [-0.2, -0.15) is 0 Å². The summed E-state index contributed by atoms with van der Waals surface area (Å²) < 4.78 is 10.9. The van der Waals surface area contributed by atoms with Gasteiger partial charge in [0.15, 0.2) is 11.4 Å².